The summed E-state index contributed by atoms with van der Waals surface area (Å²) < 4.78 is 6.65. The van der Waals surface area contributed by atoms with Gasteiger partial charge in [0.15, 0.2) is 5.58 Å². The molecule has 1 aliphatic heterocycles. The molecule has 1 amide bonds. The van der Waals surface area contributed by atoms with Gasteiger partial charge in [-0.2, -0.15) is 0 Å². The van der Waals surface area contributed by atoms with E-state index in [1.807, 2.05) is 25.1 Å². The molecule has 7 nitrogen and oxygen atoms in total. The molecule has 2 heterocycles. The lowest BCUT2D eigenvalue weighted by Crippen LogP contribution is -2.53. The van der Waals surface area contributed by atoms with Gasteiger partial charge in [-0.05, 0) is 19.1 Å². The van der Waals surface area contributed by atoms with Gasteiger partial charge in [0, 0.05) is 44.5 Å². The second-order valence-electron chi connectivity index (χ2n) is 5.35. The zero-order valence-electron chi connectivity index (χ0n) is 11.9. The number of hydrogen-bond donors (Lipinski definition) is 1. The lowest BCUT2D eigenvalue weighted by Gasteiger charge is -2.39. The Morgan fingerprint density at radius 3 is 2.81 bits per heavy atom. The average Bonchev–Trinajstić information content (AvgIpc) is 2.73. The molecule has 1 fully saturated rings. The summed E-state index contributed by atoms with van der Waals surface area (Å²) in [6, 6.07) is 5.54. The van der Waals surface area contributed by atoms with E-state index in [2.05, 4.69) is 4.90 Å². The molecule has 0 bridgehead atoms. The van der Waals surface area contributed by atoms with E-state index in [-0.39, 0.29) is 11.8 Å². The first-order valence-electron chi connectivity index (χ1n) is 6.81. The predicted octanol–water partition coefficient (Wildman–Crippen LogP) is 1.32. The van der Waals surface area contributed by atoms with Gasteiger partial charge in [-0.3, -0.25) is 4.57 Å². The van der Waals surface area contributed by atoms with Crippen LogP contribution in [0.25, 0.3) is 11.1 Å². The zero-order chi connectivity index (χ0) is 15.1. The van der Waals surface area contributed by atoms with Crippen LogP contribution in [-0.2, 0) is 7.05 Å². The van der Waals surface area contributed by atoms with Gasteiger partial charge < -0.3 is 19.3 Å². The van der Waals surface area contributed by atoms with Crippen molar-refractivity contribution in [3.8, 4) is 0 Å². The smallest absolute Gasteiger partial charge is 0.419 e. The summed E-state index contributed by atoms with van der Waals surface area (Å²) in [5.74, 6) is -0.383. The van der Waals surface area contributed by atoms with Gasteiger partial charge in [0.05, 0.1) is 5.52 Å². The highest BCUT2D eigenvalue weighted by Crippen LogP contribution is 2.23. The van der Waals surface area contributed by atoms with Crippen molar-refractivity contribution in [1.29, 1.82) is 0 Å². The molecule has 112 valence electrons. The summed E-state index contributed by atoms with van der Waals surface area (Å²) in [5.41, 5.74) is 2.24. The summed E-state index contributed by atoms with van der Waals surface area (Å²) in [4.78, 5) is 26.1. The molecular weight excluding hydrogens is 274 g/mol. The van der Waals surface area contributed by atoms with Gasteiger partial charge in [0.2, 0.25) is 0 Å². The second kappa shape index (κ2) is 4.83. The summed E-state index contributed by atoms with van der Waals surface area (Å²) in [5, 5.41) is 9.10. The first-order valence-corrected chi connectivity index (χ1v) is 6.81. The number of carbonyl (C=O) groups is 1. The SMILES string of the molecule is C[C@@H]1CN(c2ccc3c(c2)oc(=O)n3C)CCN1C(=O)O. The Balaban J connectivity index is 1.88. The number of amides is 1. The molecule has 1 aromatic carbocycles. The lowest BCUT2D eigenvalue weighted by atomic mass is 10.1. The molecule has 1 saturated heterocycles. The highest BCUT2D eigenvalue weighted by molar-refractivity contribution is 5.78. The van der Waals surface area contributed by atoms with Crippen molar-refractivity contribution in [2.24, 2.45) is 7.05 Å². The Morgan fingerprint density at radius 2 is 2.14 bits per heavy atom. The Bertz CT molecular complexity index is 748. The van der Waals surface area contributed by atoms with Crippen LogP contribution < -0.4 is 10.7 Å². The number of piperazine rings is 1. The zero-order valence-corrected chi connectivity index (χ0v) is 11.9. The maximum absolute atomic E-state index is 11.5. The van der Waals surface area contributed by atoms with Crippen molar-refractivity contribution in [2.45, 2.75) is 13.0 Å². The molecule has 0 spiro atoms. The third kappa shape index (κ3) is 2.24. The van der Waals surface area contributed by atoms with E-state index in [1.54, 1.807) is 7.05 Å². The monoisotopic (exact) mass is 291 g/mol. The van der Waals surface area contributed by atoms with Gasteiger partial charge in [-0.1, -0.05) is 0 Å². The van der Waals surface area contributed by atoms with Crippen molar-refractivity contribution in [3.63, 3.8) is 0 Å². The van der Waals surface area contributed by atoms with Crippen LogP contribution in [0.4, 0.5) is 10.5 Å². The highest BCUT2D eigenvalue weighted by atomic mass is 16.4. The molecule has 1 aromatic heterocycles. The minimum absolute atomic E-state index is 0.0743. The van der Waals surface area contributed by atoms with Crippen LogP contribution in [0.3, 0.4) is 0 Å². The van der Waals surface area contributed by atoms with Gasteiger partial charge in [0.25, 0.3) is 0 Å². The van der Waals surface area contributed by atoms with E-state index < -0.39 is 6.09 Å². The Labute approximate surface area is 121 Å². The van der Waals surface area contributed by atoms with E-state index in [4.69, 9.17) is 9.52 Å². The molecule has 0 radical (unpaired) electrons. The van der Waals surface area contributed by atoms with Crippen LogP contribution in [0.15, 0.2) is 27.4 Å². The number of aromatic nitrogens is 1. The van der Waals surface area contributed by atoms with Crippen LogP contribution in [0.5, 0.6) is 0 Å². The van der Waals surface area contributed by atoms with Crippen molar-refractivity contribution in [1.82, 2.24) is 9.47 Å². The maximum Gasteiger partial charge on any atom is 0.419 e. The third-order valence-electron chi connectivity index (χ3n) is 4.01. The first kappa shape index (κ1) is 13.5. The Hall–Kier alpha value is -2.44. The molecular formula is C14H17N3O4. The first-order chi connectivity index (χ1) is 9.97. The van der Waals surface area contributed by atoms with Gasteiger partial charge in [-0.25, -0.2) is 9.59 Å². The number of oxazole rings is 1. The largest absolute Gasteiger partial charge is 0.465 e. The number of aryl methyl sites for hydroxylation is 1. The molecule has 0 aliphatic carbocycles. The molecule has 21 heavy (non-hydrogen) atoms. The summed E-state index contributed by atoms with van der Waals surface area (Å²) in [7, 11) is 1.67. The van der Waals surface area contributed by atoms with Crippen LogP contribution in [-0.4, -0.2) is 46.3 Å². The fraction of sp³-hybridized carbons (Fsp3) is 0.429. The van der Waals surface area contributed by atoms with Crippen molar-refractivity contribution >= 4 is 22.9 Å². The van der Waals surface area contributed by atoms with E-state index in [9.17, 15) is 9.59 Å². The topological polar surface area (TPSA) is 78.9 Å². The molecule has 1 N–H and O–H groups in total. The fourth-order valence-corrected chi connectivity index (χ4v) is 2.80. The molecule has 0 saturated carbocycles. The van der Waals surface area contributed by atoms with E-state index in [0.717, 1.165) is 11.2 Å². The molecule has 1 atom stereocenters. The second-order valence-corrected chi connectivity index (χ2v) is 5.35. The van der Waals surface area contributed by atoms with Crippen LogP contribution in [0, 0.1) is 0 Å². The summed E-state index contributed by atoms with van der Waals surface area (Å²) in [6.07, 6.45) is -0.883. The number of carboxylic acid groups (broad SMARTS) is 1. The van der Waals surface area contributed by atoms with Crippen molar-refractivity contribution in [2.75, 3.05) is 24.5 Å². The quantitative estimate of drug-likeness (QED) is 0.857. The fourth-order valence-electron chi connectivity index (χ4n) is 2.80. The summed E-state index contributed by atoms with van der Waals surface area (Å²) in [6.45, 7) is 3.60. The molecule has 7 heteroatoms. The van der Waals surface area contributed by atoms with Gasteiger partial charge in [-0.15, -0.1) is 0 Å². The minimum Gasteiger partial charge on any atom is -0.465 e. The van der Waals surface area contributed by atoms with E-state index >= 15 is 0 Å². The minimum atomic E-state index is -0.883. The predicted molar refractivity (Wildman–Crippen MR) is 77.9 cm³/mol. The lowest BCUT2D eigenvalue weighted by molar-refractivity contribution is 0.122. The van der Waals surface area contributed by atoms with Gasteiger partial charge >= 0.3 is 11.8 Å². The number of anilines is 1. The molecule has 3 rings (SSSR count). The van der Waals surface area contributed by atoms with Gasteiger partial charge in [0.1, 0.15) is 0 Å². The third-order valence-corrected chi connectivity index (χ3v) is 4.01. The van der Waals surface area contributed by atoms with E-state index in [0.29, 0.717) is 25.2 Å². The maximum atomic E-state index is 11.5. The number of nitrogens with zero attached hydrogens (tertiary/aromatic N) is 3. The normalized spacial score (nSPS) is 19.2. The average molecular weight is 291 g/mol. The van der Waals surface area contributed by atoms with Crippen molar-refractivity contribution < 1.29 is 14.3 Å². The summed E-state index contributed by atoms with van der Waals surface area (Å²) >= 11 is 0. The number of benzene rings is 1. The van der Waals surface area contributed by atoms with Crippen LogP contribution >= 0.6 is 0 Å². The highest BCUT2D eigenvalue weighted by Gasteiger charge is 2.27. The number of rotatable bonds is 1. The van der Waals surface area contributed by atoms with Crippen molar-refractivity contribution in [3.05, 3.63) is 28.7 Å². The van der Waals surface area contributed by atoms with Crippen LogP contribution in [0.2, 0.25) is 0 Å². The Morgan fingerprint density at radius 1 is 1.38 bits per heavy atom. The van der Waals surface area contributed by atoms with E-state index in [1.165, 1.54) is 9.47 Å². The van der Waals surface area contributed by atoms with Crippen LogP contribution in [0.1, 0.15) is 6.92 Å². The Kier molecular flexibility index (Phi) is 3.12. The molecule has 1 aliphatic rings. The number of fused-ring (bicyclic) bond motifs is 1. The molecule has 2 aromatic rings. The standard InChI is InChI=1S/C14H17N3O4/c1-9-8-16(5-6-17(9)13(18)19)10-3-4-11-12(7-10)21-14(20)15(11)2/h3-4,7,9H,5-6,8H2,1-2H3,(H,18,19)/t9-/m1/s1. The molecule has 0 unspecified atom stereocenters. The number of hydrogen-bond acceptors (Lipinski definition) is 4.